The van der Waals surface area contributed by atoms with Crippen LogP contribution >= 0.6 is 15.9 Å². The van der Waals surface area contributed by atoms with Crippen molar-refractivity contribution >= 4 is 32.7 Å². The summed E-state index contributed by atoms with van der Waals surface area (Å²) in [5.74, 6) is -0.489. The second-order valence-corrected chi connectivity index (χ2v) is 5.89. The summed E-state index contributed by atoms with van der Waals surface area (Å²) in [5.41, 5.74) is 0. The lowest BCUT2D eigenvalue weighted by Gasteiger charge is -2.04. The molecule has 0 N–H and O–H groups in total. The second kappa shape index (κ2) is 7.61. The molecule has 0 amide bonds. The fourth-order valence-corrected chi connectivity index (χ4v) is 2.67. The molecule has 0 aliphatic heterocycles. The van der Waals surface area contributed by atoms with Crippen molar-refractivity contribution in [1.82, 2.24) is 0 Å². The summed E-state index contributed by atoms with van der Waals surface area (Å²) in [6, 6.07) is 7.12. The fraction of sp³-hybridized carbons (Fsp3) is 0.417. The summed E-state index contributed by atoms with van der Waals surface area (Å²) in [4.78, 5) is 12.0. The van der Waals surface area contributed by atoms with Gasteiger partial charge in [-0.1, -0.05) is 35.3 Å². The zero-order chi connectivity index (χ0) is 12.7. The van der Waals surface area contributed by atoms with E-state index < -0.39 is 16.8 Å². The van der Waals surface area contributed by atoms with Crippen LogP contribution in [0, 0.1) is 0 Å². The van der Waals surface area contributed by atoms with Gasteiger partial charge in [0.15, 0.2) is 0 Å². The number of hydrogen-bond donors (Lipinski definition) is 0. The van der Waals surface area contributed by atoms with Crippen LogP contribution in [0.15, 0.2) is 33.6 Å². The molecule has 0 fully saturated rings. The predicted molar refractivity (Wildman–Crippen MR) is 71.3 cm³/mol. The topological polar surface area (TPSA) is 43.4 Å². The van der Waals surface area contributed by atoms with Crippen molar-refractivity contribution in [2.24, 2.45) is 0 Å². The maximum atomic E-state index is 11.8. The maximum absolute atomic E-state index is 11.8. The molecule has 0 aliphatic carbocycles. The summed E-state index contributed by atoms with van der Waals surface area (Å²) in [7, 11) is -1.33. The monoisotopic (exact) mass is 318 g/mol. The molecule has 1 rings (SSSR count). The Kier molecular flexibility index (Phi) is 6.44. The minimum absolute atomic E-state index is 0.0832. The van der Waals surface area contributed by atoms with E-state index in [0.717, 1.165) is 17.3 Å². The van der Waals surface area contributed by atoms with Gasteiger partial charge in [-0.3, -0.25) is 9.00 Å². The van der Waals surface area contributed by atoms with Gasteiger partial charge in [0.05, 0.1) is 17.4 Å². The molecular formula is C12H15BrO3S. The van der Waals surface area contributed by atoms with Gasteiger partial charge in [-0.05, 0) is 24.6 Å². The molecule has 0 heterocycles. The zero-order valence-electron chi connectivity index (χ0n) is 9.65. The summed E-state index contributed by atoms with van der Waals surface area (Å²) in [6.45, 7) is 2.43. The van der Waals surface area contributed by atoms with Crippen molar-refractivity contribution in [1.29, 1.82) is 0 Å². The van der Waals surface area contributed by atoms with Crippen molar-refractivity contribution < 1.29 is 13.7 Å². The Bertz CT molecular complexity index is 406. The zero-order valence-corrected chi connectivity index (χ0v) is 12.1. The number of esters is 1. The predicted octanol–water partition coefficient (Wildman–Crippen LogP) is 2.90. The Morgan fingerprint density at radius 2 is 2.24 bits per heavy atom. The van der Waals surface area contributed by atoms with Gasteiger partial charge in [0.2, 0.25) is 0 Å². The van der Waals surface area contributed by atoms with Crippen LogP contribution in [-0.4, -0.2) is 22.5 Å². The molecule has 1 atom stereocenters. The normalized spacial score (nSPS) is 12.1. The third kappa shape index (κ3) is 5.46. The minimum Gasteiger partial charge on any atom is -0.465 e. The van der Waals surface area contributed by atoms with Gasteiger partial charge in [0.25, 0.3) is 0 Å². The van der Waals surface area contributed by atoms with E-state index in [1.165, 1.54) is 0 Å². The first-order chi connectivity index (χ1) is 8.13. The molecular weight excluding hydrogens is 304 g/mol. The average Bonchev–Trinajstić information content (AvgIpc) is 2.29. The first kappa shape index (κ1) is 14.4. The van der Waals surface area contributed by atoms with Crippen LogP contribution in [0.25, 0.3) is 0 Å². The number of hydrogen-bond acceptors (Lipinski definition) is 3. The molecule has 0 aliphatic rings. The van der Waals surface area contributed by atoms with Gasteiger partial charge in [-0.2, -0.15) is 0 Å². The Labute approximate surface area is 112 Å². The molecule has 1 aromatic carbocycles. The minimum atomic E-state index is -1.33. The molecule has 0 saturated heterocycles. The van der Waals surface area contributed by atoms with Crippen LogP contribution in [0.1, 0.15) is 19.8 Å². The molecule has 0 radical (unpaired) electrons. The lowest BCUT2D eigenvalue weighted by atomic mass is 10.4. The van der Waals surface area contributed by atoms with Gasteiger partial charge in [-0.15, -0.1) is 0 Å². The number of carbonyl (C=O) groups is 1. The third-order valence-corrected chi connectivity index (χ3v) is 3.84. The molecule has 0 bridgehead atoms. The lowest BCUT2D eigenvalue weighted by molar-refractivity contribution is -0.140. The van der Waals surface area contributed by atoms with Crippen molar-refractivity contribution in [3.63, 3.8) is 0 Å². The summed E-state index contributed by atoms with van der Waals surface area (Å²) < 4.78 is 17.6. The highest BCUT2D eigenvalue weighted by atomic mass is 79.9. The Morgan fingerprint density at radius 3 is 2.88 bits per heavy atom. The molecule has 1 unspecified atom stereocenters. The Morgan fingerprint density at radius 1 is 1.47 bits per heavy atom. The van der Waals surface area contributed by atoms with Gasteiger partial charge < -0.3 is 4.74 Å². The summed E-state index contributed by atoms with van der Waals surface area (Å²) >= 11 is 3.30. The van der Waals surface area contributed by atoms with Crippen LogP contribution < -0.4 is 0 Å². The van der Waals surface area contributed by atoms with Crippen LogP contribution in [0.3, 0.4) is 0 Å². The highest BCUT2D eigenvalue weighted by Crippen LogP contribution is 2.14. The Hall–Kier alpha value is -0.680. The highest BCUT2D eigenvalue weighted by molar-refractivity contribution is 9.10. The van der Waals surface area contributed by atoms with Crippen LogP contribution in [0.4, 0.5) is 0 Å². The second-order valence-electron chi connectivity index (χ2n) is 3.52. The average molecular weight is 319 g/mol. The maximum Gasteiger partial charge on any atom is 0.318 e. The summed E-state index contributed by atoms with van der Waals surface area (Å²) in [5, 5.41) is 0. The lowest BCUT2D eigenvalue weighted by Crippen LogP contribution is -2.14. The van der Waals surface area contributed by atoms with Crippen LogP contribution in [0.2, 0.25) is 0 Å². The van der Waals surface area contributed by atoms with E-state index in [1.54, 1.807) is 18.2 Å². The van der Waals surface area contributed by atoms with E-state index in [2.05, 4.69) is 15.9 Å². The van der Waals surface area contributed by atoms with Crippen LogP contribution in [-0.2, 0) is 20.3 Å². The van der Waals surface area contributed by atoms with Crippen molar-refractivity contribution in [2.45, 2.75) is 24.7 Å². The number of ether oxygens (including phenoxy) is 1. The van der Waals surface area contributed by atoms with Gasteiger partial charge >= 0.3 is 5.97 Å². The standard InChI is InChI=1S/C12H15BrO3S/c1-2-3-7-16-12(14)9-17(15)11-6-4-5-10(13)8-11/h4-6,8H,2-3,7,9H2,1H3. The fourth-order valence-electron chi connectivity index (χ4n) is 1.17. The molecule has 1 aromatic rings. The molecule has 17 heavy (non-hydrogen) atoms. The van der Waals surface area contributed by atoms with E-state index >= 15 is 0 Å². The number of halogens is 1. The van der Waals surface area contributed by atoms with Crippen molar-refractivity contribution in [2.75, 3.05) is 12.4 Å². The van der Waals surface area contributed by atoms with E-state index in [-0.39, 0.29) is 5.75 Å². The first-order valence-corrected chi connectivity index (χ1v) is 7.54. The van der Waals surface area contributed by atoms with E-state index in [0.29, 0.717) is 11.5 Å². The largest absolute Gasteiger partial charge is 0.465 e. The quantitative estimate of drug-likeness (QED) is 0.598. The molecule has 0 saturated carbocycles. The molecule has 94 valence electrons. The van der Waals surface area contributed by atoms with E-state index in [1.807, 2.05) is 13.0 Å². The van der Waals surface area contributed by atoms with Gasteiger partial charge in [-0.25, -0.2) is 0 Å². The molecule has 0 spiro atoms. The van der Waals surface area contributed by atoms with Gasteiger partial charge in [0.1, 0.15) is 5.75 Å². The third-order valence-electron chi connectivity index (χ3n) is 2.07. The summed E-state index contributed by atoms with van der Waals surface area (Å²) in [6.07, 6.45) is 1.82. The number of benzene rings is 1. The molecule has 0 aromatic heterocycles. The molecule has 3 nitrogen and oxygen atoms in total. The van der Waals surface area contributed by atoms with Crippen molar-refractivity contribution in [3.8, 4) is 0 Å². The smallest absolute Gasteiger partial charge is 0.318 e. The van der Waals surface area contributed by atoms with E-state index in [9.17, 15) is 9.00 Å². The Balaban J connectivity index is 2.46. The van der Waals surface area contributed by atoms with Gasteiger partial charge in [0, 0.05) is 9.37 Å². The SMILES string of the molecule is CCCCOC(=O)CS(=O)c1cccc(Br)c1. The van der Waals surface area contributed by atoms with Crippen LogP contribution in [0.5, 0.6) is 0 Å². The number of carbonyl (C=O) groups excluding carboxylic acids is 1. The van der Waals surface area contributed by atoms with E-state index in [4.69, 9.17) is 4.74 Å². The molecule has 5 heteroatoms. The number of rotatable bonds is 6. The van der Waals surface area contributed by atoms with Crippen molar-refractivity contribution in [3.05, 3.63) is 28.7 Å². The first-order valence-electron chi connectivity index (χ1n) is 5.43. The number of unbranched alkanes of at least 4 members (excludes halogenated alkanes) is 1. The highest BCUT2D eigenvalue weighted by Gasteiger charge is 2.11.